The number of nitrogens with zero attached hydrogens (tertiary/aromatic N) is 2. The molecule has 7 heteroatoms. The summed E-state index contributed by atoms with van der Waals surface area (Å²) in [7, 11) is 0. The summed E-state index contributed by atoms with van der Waals surface area (Å²) < 4.78 is 30.6. The van der Waals surface area contributed by atoms with Crippen LogP contribution >= 0.6 is 22.6 Å². The van der Waals surface area contributed by atoms with Gasteiger partial charge in [-0.2, -0.15) is 5.26 Å². The molecule has 0 fully saturated rings. The van der Waals surface area contributed by atoms with E-state index in [1.807, 2.05) is 22.6 Å². The number of nitriles is 1. The van der Waals surface area contributed by atoms with Crippen LogP contribution in [-0.4, -0.2) is 17.6 Å². The maximum atomic E-state index is 12.7. The molecule has 0 saturated carbocycles. The second-order valence-electron chi connectivity index (χ2n) is 3.24. The number of rotatable bonds is 4. The largest absolute Gasteiger partial charge is 0.466 e. The Balaban J connectivity index is 3.10. The van der Waals surface area contributed by atoms with E-state index in [1.54, 1.807) is 13.0 Å². The fourth-order valence-corrected chi connectivity index (χ4v) is 1.89. The molecular formula is C11H9F2IN2O2. The molecule has 0 atom stereocenters. The van der Waals surface area contributed by atoms with Crippen molar-refractivity contribution in [2.45, 2.75) is 19.8 Å². The normalized spacial score (nSPS) is 10.2. The van der Waals surface area contributed by atoms with Crippen molar-refractivity contribution in [3.05, 3.63) is 26.6 Å². The van der Waals surface area contributed by atoms with Gasteiger partial charge in [0.25, 0.3) is 6.43 Å². The van der Waals surface area contributed by atoms with Crippen molar-refractivity contribution in [2.75, 3.05) is 6.61 Å². The summed E-state index contributed by atoms with van der Waals surface area (Å²) in [6.45, 7) is 1.87. The van der Waals surface area contributed by atoms with Crippen molar-refractivity contribution in [1.29, 1.82) is 5.26 Å². The van der Waals surface area contributed by atoms with Gasteiger partial charge in [-0.15, -0.1) is 0 Å². The number of halogens is 3. The lowest BCUT2D eigenvalue weighted by Gasteiger charge is -2.08. The first-order valence-electron chi connectivity index (χ1n) is 5.02. The van der Waals surface area contributed by atoms with Gasteiger partial charge in [-0.3, -0.25) is 4.79 Å². The molecule has 1 rings (SSSR count). The summed E-state index contributed by atoms with van der Waals surface area (Å²) in [5.74, 6) is -0.534. The minimum atomic E-state index is -2.85. The highest BCUT2D eigenvalue weighted by molar-refractivity contribution is 14.1. The average Bonchev–Trinajstić information content (AvgIpc) is 2.31. The molecule has 0 aromatic carbocycles. The summed E-state index contributed by atoms with van der Waals surface area (Å²) in [6.07, 6.45) is -3.03. The number of ether oxygens (including phenoxy) is 1. The van der Waals surface area contributed by atoms with E-state index in [-0.39, 0.29) is 24.3 Å². The molecule has 0 bridgehead atoms. The highest BCUT2D eigenvalue weighted by Gasteiger charge is 2.19. The fourth-order valence-electron chi connectivity index (χ4n) is 1.27. The highest BCUT2D eigenvalue weighted by atomic mass is 127. The van der Waals surface area contributed by atoms with Gasteiger partial charge in [0, 0.05) is 3.57 Å². The van der Waals surface area contributed by atoms with Gasteiger partial charge in [-0.1, -0.05) is 0 Å². The standard InChI is InChI=1S/C11H9F2IN2O2/c1-2-18-9(17)4-8-7(14)3-6(5-15)10(16-8)11(12)13/h3,11H,2,4H2,1H3. The number of carbonyl (C=O) groups is 1. The van der Waals surface area contributed by atoms with E-state index in [9.17, 15) is 13.6 Å². The maximum Gasteiger partial charge on any atom is 0.311 e. The molecule has 0 radical (unpaired) electrons. The van der Waals surface area contributed by atoms with E-state index in [0.717, 1.165) is 0 Å². The van der Waals surface area contributed by atoms with E-state index < -0.39 is 18.1 Å². The Morgan fingerprint density at radius 1 is 1.67 bits per heavy atom. The number of hydrogen-bond donors (Lipinski definition) is 0. The molecule has 0 saturated heterocycles. The predicted octanol–water partition coefficient (Wildman–Crippen LogP) is 2.60. The van der Waals surface area contributed by atoms with E-state index in [2.05, 4.69) is 4.98 Å². The third kappa shape index (κ3) is 3.60. The van der Waals surface area contributed by atoms with Crippen molar-refractivity contribution in [2.24, 2.45) is 0 Å². The zero-order chi connectivity index (χ0) is 13.7. The Morgan fingerprint density at radius 2 is 2.33 bits per heavy atom. The van der Waals surface area contributed by atoms with Crippen LogP contribution < -0.4 is 0 Å². The Hall–Kier alpha value is -1.30. The van der Waals surface area contributed by atoms with Crippen LogP contribution in [0.5, 0.6) is 0 Å². The van der Waals surface area contributed by atoms with E-state index >= 15 is 0 Å². The first kappa shape index (κ1) is 14.8. The molecule has 0 aliphatic rings. The summed E-state index contributed by atoms with van der Waals surface area (Å²) in [5.41, 5.74) is -0.581. The van der Waals surface area contributed by atoms with Gasteiger partial charge in [-0.05, 0) is 35.6 Å². The smallest absolute Gasteiger partial charge is 0.311 e. The SMILES string of the molecule is CCOC(=O)Cc1nc(C(F)F)c(C#N)cc1I. The summed E-state index contributed by atoms with van der Waals surface area (Å²) in [4.78, 5) is 15.0. The van der Waals surface area contributed by atoms with Gasteiger partial charge >= 0.3 is 5.97 Å². The van der Waals surface area contributed by atoms with Crippen LogP contribution in [-0.2, 0) is 16.0 Å². The molecular weight excluding hydrogens is 357 g/mol. The van der Waals surface area contributed by atoms with Gasteiger partial charge < -0.3 is 4.74 Å². The first-order chi connectivity index (χ1) is 8.49. The zero-order valence-corrected chi connectivity index (χ0v) is 11.6. The van der Waals surface area contributed by atoms with Crippen LogP contribution in [0.3, 0.4) is 0 Å². The molecule has 18 heavy (non-hydrogen) atoms. The minimum absolute atomic E-state index is 0.179. The van der Waals surface area contributed by atoms with Gasteiger partial charge in [-0.25, -0.2) is 13.8 Å². The monoisotopic (exact) mass is 366 g/mol. The van der Waals surface area contributed by atoms with Crippen molar-refractivity contribution in [1.82, 2.24) is 4.98 Å². The molecule has 0 unspecified atom stereocenters. The van der Waals surface area contributed by atoms with Crippen LogP contribution in [0.1, 0.15) is 30.3 Å². The van der Waals surface area contributed by atoms with Crippen molar-refractivity contribution in [3.63, 3.8) is 0 Å². The molecule has 0 aliphatic carbocycles. The fraction of sp³-hybridized carbons (Fsp3) is 0.364. The molecule has 0 spiro atoms. The van der Waals surface area contributed by atoms with Crippen LogP contribution in [0.25, 0.3) is 0 Å². The van der Waals surface area contributed by atoms with Crippen LogP contribution in [0.2, 0.25) is 0 Å². The van der Waals surface area contributed by atoms with Crippen molar-refractivity contribution in [3.8, 4) is 6.07 Å². The molecule has 0 N–H and O–H groups in total. The van der Waals surface area contributed by atoms with Gasteiger partial charge in [0.05, 0.1) is 24.3 Å². The number of alkyl halides is 2. The summed E-state index contributed by atoms with van der Waals surface area (Å²) in [5, 5.41) is 8.73. The number of esters is 1. The Kier molecular flexibility index (Phi) is 5.40. The summed E-state index contributed by atoms with van der Waals surface area (Å²) >= 11 is 1.84. The van der Waals surface area contributed by atoms with Crippen LogP contribution in [0, 0.1) is 14.9 Å². The molecule has 96 valence electrons. The maximum absolute atomic E-state index is 12.7. The molecule has 4 nitrogen and oxygen atoms in total. The molecule has 0 amide bonds. The van der Waals surface area contributed by atoms with E-state index in [0.29, 0.717) is 3.57 Å². The quantitative estimate of drug-likeness (QED) is 0.607. The molecule has 1 heterocycles. The van der Waals surface area contributed by atoms with E-state index in [4.69, 9.17) is 10.00 Å². The first-order valence-corrected chi connectivity index (χ1v) is 6.10. The third-order valence-electron chi connectivity index (χ3n) is 2.02. The van der Waals surface area contributed by atoms with Gasteiger partial charge in [0.2, 0.25) is 0 Å². The number of aromatic nitrogens is 1. The van der Waals surface area contributed by atoms with Crippen molar-refractivity contribution >= 4 is 28.6 Å². The Labute approximate surface area is 116 Å². The lowest BCUT2D eigenvalue weighted by molar-refractivity contribution is -0.142. The van der Waals surface area contributed by atoms with Gasteiger partial charge in [0.15, 0.2) is 0 Å². The number of hydrogen-bond acceptors (Lipinski definition) is 4. The molecule has 1 aromatic rings. The Bertz CT molecular complexity index is 501. The zero-order valence-electron chi connectivity index (χ0n) is 9.41. The minimum Gasteiger partial charge on any atom is -0.466 e. The second kappa shape index (κ2) is 6.58. The lowest BCUT2D eigenvalue weighted by Crippen LogP contribution is -2.12. The third-order valence-corrected chi connectivity index (χ3v) is 2.96. The molecule has 0 aliphatic heterocycles. The summed E-state index contributed by atoms with van der Waals surface area (Å²) in [6, 6.07) is 2.96. The molecule has 1 aromatic heterocycles. The Morgan fingerprint density at radius 3 is 2.83 bits per heavy atom. The number of carbonyl (C=O) groups excluding carboxylic acids is 1. The lowest BCUT2D eigenvalue weighted by atomic mass is 10.1. The van der Waals surface area contributed by atoms with Crippen LogP contribution in [0.4, 0.5) is 8.78 Å². The van der Waals surface area contributed by atoms with Crippen LogP contribution in [0.15, 0.2) is 6.07 Å². The highest BCUT2D eigenvalue weighted by Crippen LogP contribution is 2.24. The average molecular weight is 366 g/mol. The van der Waals surface area contributed by atoms with E-state index in [1.165, 1.54) is 6.07 Å². The van der Waals surface area contributed by atoms with Gasteiger partial charge in [0.1, 0.15) is 11.8 Å². The second-order valence-corrected chi connectivity index (χ2v) is 4.41. The number of pyridine rings is 1. The van der Waals surface area contributed by atoms with Crippen molar-refractivity contribution < 1.29 is 18.3 Å². The topological polar surface area (TPSA) is 63.0 Å². The predicted molar refractivity (Wildman–Crippen MR) is 67.0 cm³/mol.